The van der Waals surface area contributed by atoms with E-state index in [2.05, 4.69) is 21.6 Å². The molecular weight excluding hydrogens is 344 g/mol. The third-order valence-corrected chi connectivity index (χ3v) is 4.74. The van der Waals surface area contributed by atoms with E-state index >= 15 is 0 Å². The van der Waals surface area contributed by atoms with Crippen LogP contribution in [0, 0.1) is 0 Å². The van der Waals surface area contributed by atoms with E-state index in [1.807, 2.05) is 30.3 Å². The van der Waals surface area contributed by atoms with E-state index in [0.29, 0.717) is 11.3 Å². The van der Waals surface area contributed by atoms with E-state index in [1.54, 1.807) is 24.3 Å². The molecule has 1 aliphatic rings. The molecule has 0 radical (unpaired) electrons. The van der Waals surface area contributed by atoms with Crippen molar-refractivity contribution in [1.29, 1.82) is 0 Å². The highest BCUT2D eigenvalue weighted by atomic mass is 16.5. The number of nitrogens with zero attached hydrogens (tertiary/aromatic N) is 2. The highest BCUT2D eigenvalue weighted by Gasteiger charge is 2.31. The van der Waals surface area contributed by atoms with Gasteiger partial charge in [0.15, 0.2) is 0 Å². The number of carbonyl (C=O) groups is 2. The van der Waals surface area contributed by atoms with Crippen LogP contribution in [0.25, 0.3) is 0 Å². The van der Waals surface area contributed by atoms with E-state index in [-0.39, 0.29) is 5.97 Å². The van der Waals surface area contributed by atoms with Crippen molar-refractivity contribution in [3.05, 3.63) is 65.7 Å². The molecule has 3 rings (SSSR count). The van der Waals surface area contributed by atoms with Crippen LogP contribution in [0.15, 0.2) is 54.6 Å². The predicted octanol–water partition coefficient (Wildman–Crippen LogP) is 2.37. The Morgan fingerprint density at radius 2 is 1.56 bits per heavy atom. The molecule has 1 unspecified atom stereocenters. The van der Waals surface area contributed by atoms with Crippen LogP contribution in [-0.4, -0.2) is 62.1 Å². The van der Waals surface area contributed by atoms with E-state index in [0.717, 1.165) is 31.7 Å². The lowest BCUT2D eigenvalue weighted by atomic mass is 10.0. The Labute approximate surface area is 159 Å². The van der Waals surface area contributed by atoms with Crippen molar-refractivity contribution in [2.45, 2.75) is 6.04 Å². The second kappa shape index (κ2) is 8.79. The average Bonchev–Trinajstić information content (AvgIpc) is 2.70. The fourth-order valence-corrected chi connectivity index (χ4v) is 3.16. The van der Waals surface area contributed by atoms with Gasteiger partial charge in [-0.05, 0) is 36.9 Å². The number of benzene rings is 2. The van der Waals surface area contributed by atoms with Crippen molar-refractivity contribution in [3.63, 3.8) is 0 Å². The second-order valence-corrected chi connectivity index (χ2v) is 6.59. The normalized spacial score (nSPS) is 16.5. The Balaban J connectivity index is 1.77. The van der Waals surface area contributed by atoms with Gasteiger partial charge in [-0.3, -0.25) is 4.90 Å². The Hall–Kier alpha value is -2.70. The molecule has 0 bridgehead atoms. The summed E-state index contributed by atoms with van der Waals surface area (Å²) in [6.07, 6.45) is 0. The second-order valence-electron chi connectivity index (χ2n) is 6.59. The van der Waals surface area contributed by atoms with Crippen molar-refractivity contribution < 1.29 is 19.1 Å². The molecule has 1 heterocycles. The smallest absolute Gasteiger partial charge is 0.337 e. The van der Waals surface area contributed by atoms with Crippen molar-refractivity contribution in [2.24, 2.45) is 0 Å². The summed E-state index contributed by atoms with van der Waals surface area (Å²) in [5.41, 5.74) is 1.33. The van der Waals surface area contributed by atoms with Crippen LogP contribution in [-0.2, 0) is 9.53 Å². The van der Waals surface area contributed by atoms with Crippen molar-refractivity contribution >= 4 is 11.9 Å². The van der Waals surface area contributed by atoms with Gasteiger partial charge in [0.2, 0.25) is 0 Å². The maximum atomic E-state index is 13.0. The predicted molar refractivity (Wildman–Crippen MR) is 102 cm³/mol. The third-order valence-electron chi connectivity index (χ3n) is 4.74. The quantitative estimate of drug-likeness (QED) is 0.597. The molecule has 2 aromatic carbocycles. The summed E-state index contributed by atoms with van der Waals surface area (Å²) in [5, 5.41) is 0. The minimum atomic E-state index is -0.458. The van der Waals surface area contributed by atoms with Gasteiger partial charge < -0.3 is 14.4 Å². The summed E-state index contributed by atoms with van der Waals surface area (Å²) in [7, 11) is 3.41. The van der Waals surface area contributed by atoms with Crippen molar-refractivity contribution in [2.75, 3.05) is 40.3 Å². The van der Waals surface area contributed by atoms with Gasteiger partial charge in [0.05, 0.1) is 12.7 Å². The summed E-state index contributed by atoms with van der Waals surface area (Å²) in [6, 6.07) is 15.6. The number of ether oxygens (including phenoxy) is 2. The van der Waals surface area contributed by atoms with Gasteiger partial charge >= 0.3 is 11.9 Å². The lowest BCUT2D eigenvalue weighted by Gasteiger charge is -2.36. The van der Waals surface area contributed by atoms with Gasteiger partial charge in [-0.2, -0.15) is 0 Å². The topological polar surface area (TPSA) is 59.1 Å². The number of methoxy groups -OCH3 is 1. The number of hydrogen-bond acceptors (Lipinski definition) is 6. The number of hydrogen-bond donors (Lipinski definition) is 0. The Bertz CT molecular complexity index is 769. The zero-order chi connectivity index (χ0) is 19.2. The van der Waals surface area contributed by atoms with Crippen LogP contribution >= 0.6 is 0 Å². The number of rotatable bonds is 5. The van der Waals surface area contributed by atoms with Gasteiger partial charge in [-0.15, -0.1) is 0 Å². The van der Waals surface area contributed by atoms with Crippen molar-refractivity contribution in [1.82, 2.24) is 9.80 Å². The van der Waals surface area contributed by atoms with Crippen LogP contribution in [0.5, 0.6) is 5.75 Å². The molecule has 0 amide bonds. The molecule has 6 nitrogen and oxygen atoms in total. The summed E-state index contributed by atoms with van der Waals surface area (Å²) >= 11 is 0. The first-order valence-electron chi connectivity index (χ1n) is 8.96. The van der Waals surface area contributed by atoms with E-state index < -0.39 is 12.0 Å². The minimum Gasteiger partial charge on any atom is -0.465 e. The van der Waals surface area contributed by atoms with Crippen LogP contribution in [0.2, 0.25) is 0 Å². The third kappa shape index (κ3) is 4.72. The standard InChI is InChI=1S/C21H24N2O4/c1-22-12-14-23(15-13-22)19(16-6-4-3-5-7-16)21(25)27-18-10-8-17(9-11-18)20(24)26-2/h3-11,19H,12-15H2,1-2H3. The molecule has 1 atom stereocenters. The molecule has 0 N–H and O–H groups in total. The minimum absolute atomic E-state index is 0.323. The lowest BCUT2D eigenvalue weighted by Crippen LogP contribution is -2.48. The molecule has 2 aromatic rings. The van der Waals surface area contributed by atoms with Crippen LogP contribution in [0.3, 0.4) is 0 Å². The summed E-state index contributed by atoms with van der Waals surface area (Å²) in [6.45, 7) is 3.41. The molecule has 142 valence electrons. The summed E-state index contributed by atoms with van der Waals surface area (Å²) < 4.78 is 10.3. The first-order valence-corrected chi connectivity index (χ1v) is 8.96. The summed E-state index contributed by atoms with van der Waals surface area (Å²) in [4.78, 5) is 28.9. The highest BCUT2D eigenvalue weighted by Crippen LogP contribution is 2.25. The number of carbonyl (C=O) groups excluding carboxylic acids is 2. The molecule has 0 aromatic heterocycles. The summed E-state index contributed by atoms with van der Waals surface area (Å²) in [5.74, 6) is -0.341. The monoisotopic (exact) mass is 368 g/mol. The van der Waals surface area contributed by atoms with Gasteiger partial charge in [-0.25, -0.2) is 9.59 Å². The molecule has 0 spiro atoms. The Morgan fingerprint density at radius 3 is 2.15 bits per heavy atom. The van der Waals surface area contributed by atoms with Gasteiger partial charge in [0, 0.05) is 26.2 Å². The van der Waals surface area contributed by atoms with E-state index in [9.17, 15) is 9.59 Å². The van der Waals surface area contributed by atoms with Crippen LogP contribution in [0.1, 0.15) is 22.0 Å². The van der Waals surface area contributed by atoms with E-state index in [1.165, 1.54) is 7.11 Å². The molecule has 27 heavy (non-hydrogen) atoms. The van der Waals surface area contributed by atoms with Gasteiger partial charge in [0.25, 0.3) is 0 Å². The fourth-order valence-electron chi connectivity index (χ4n) is 3.16. The maximum Gasteiger partial charge on any atom is 0.337 e. The Morgan fingerprint density at radius 1 is 0.926 bits per heavy atom. The first kappa shape index (κ1) is 19.1. The average molecular weight is 368 g/mol. The first-order chi connectivity index (χ1) is 13.1. The van der Waals surface area contributed by atoms with E-state index in [4.69, 9.17) is 4.74 Å². The zero-order valence-electron chi connectivity index (χ0n) is 15.6. The van der Waals surface area contributed by atoms with Gasteiger partial charge in [0.1, 0.15) is 11.8 Å². The van der Waals surface area contributed by atoms with Gasteiger partial charge in [-0.1, -0.05) is 30.3 Å². The molecule has 1 saturated heterocycles. The number of esters is 2. The maximum absolute atomic E-state index is 13.0. The highest BCUT2D eigenvalue weighted by molar-refractivity contribution is 5.89. The van der Waals surface area contributed by atoms with Crippen molar-refractivity contribution in [3.8, 4) is 5.75 Å². The molecule has 0 aliphatic carbocycles. The SMILES string of the molecule is COC(=O)c1ccc(OC(=O)C(c2ccccc2)N2CCN(C)CC2)cc1. The number of likely N-dealkylation sites (N-methyl/N-ethyl adjacent to an activating group) is 1. The largest absolute Gasteiger partial charge is 0.465 e. The van der Waals surface area contributed by atoms with Crippen LogP contribution in [0.4, 0.5) is 0 Å². The zero-order valence-corrected chi connectivity index (χ0v) is 15.6. The molecule has 1 fully saturated rings. The Kier molecular flexibility index (Phi) is 6.21. The molecule has 0 saturated carbocycles. The molecule has 6 heteroatoms. The molecular formula is C21H24N2O4. The lowest BCUT2D eigenvalue weighted by molar-refractivity contribution is -0.141. The van der Waals surface area contributed by atoms with Crippen LogP contribution < -0.4 is 4.74 Å². The fraction of sp³-hybridized carbons (Fsp3) is 0.333. The molecule has 1 aliphatic heterocycles. The number of piperazine rings is 1.